The van der Waals surface area contributed by atoms with Crippen LogP contribution in [0, 0.1) is 0 Å². The molecule has 0 aliphatic heterocycles. The first-order valence-corrected chi connectivity index (χ1v) is 6.80. The number of hydrogen-bond donors (Lipinski definition) is 2. The molecule has 0 aromatic heterocycles. The van der Waals surface area contributed by atoms with Crippen LogP contribution in [0.4, 0.5) is 0 Å². The summed E-state index contributed by atoms with van der Waals surface area (Å²) in [7, 11) is 1.64. The maximum absolute atomic E-state index is 11.4. The van der Waals surface area contributed by atoms with Gasteiger partial charge in [-0.25, -0.2) is 0 Å². The standard InChI is InChI=1S/C17H20N2O/c1-13(15-6-4-3-5-7-15)19-12-14-8-10-16(11-9-14)17(20)18-2/h3-11,13,19H,12H2,1-2H3,(H,18,20)/t13-/m1/s1. The van der Waals surface area contributed by atoms with Gasteiger partial charge >= 0.3 is 0 Å². The van der Waals surface area contributed by atoms with Crippen LogP contribution in [-0.2, 0) is 6.54 Å². The molecule has 2 aromatic rings. The van der Waals surface area contributed by atoms with E-state index in [9.17, 15) is 4.79 Å². The first kappa shape index (κ1) is 14.3. The van der Waals surface area contributed by atoms with Crippen LogP contribution in [0.2, 0.25) is 0 Å². The van der Waals surface area contributed by atoms with E-state index in [0.29, 0.717) is 11.6 Å². The van der Waals surface area contributed by atoms with E-state index in [1.807, 2.05) is 42.5 Å². The number of amides is 1. The molecule has 0 aliphatic carbocycles. The molecule has 104 valence electrons. The topological polar surface area (TPSA) is 41.1 Å². The Balaban J connectivity index is 1.93. The van der Waals surface area contributed by atoms with E-state index in [-0.39, 0.29) is 5.91 Å². The van der Waals surface area contributed by atoms with Crippen LogP contribution in [0.5, 0.6) is 0 Å². The Kier molecular flexibility index (Phi) is 4.91. The Morgan fingerprint density at radius 2 is 1.70 bits per heavy atom. The first-order valence-electron chi connectivity index (χ1n) is 6.80. The van der Waals surface area contributed by atoms with Gasteiger partial charge in [-0.2, -0.15) is 0 Å². The maximum atomic E-state index is 11.4. The van der Waals surface area contributed by atoms with Crippen molar-refractivity contribution in [3.63, 3.8) is 0 Å². The van der Waals surface area contributed by atoms with Crippen molar-refractivity contribution in [2.45, 2.75) is 19.5 Å². The van der Waals surface area contributed by atoms with Gasteiger partial charge in [-0.1, -0.05) is 42.5 Å². The van der Waals surface area contributed by atoms with E-state index in [2.05, 4.69) is 29.7 Å². The van der Waals surface area contributed by atoms with E-state index in [0.717, 1.165) is 6.54 Å². The van der Waals surface area contributed by atoms with Crippen LogP contribution in [0.1, 0.15) is 34.5 Å². The third-order valence-electron chi connectivity index (χ3n) is 3.36. The summed E-state index contributed by atoms with van der Waals surface area (Å²) in [6.07, 6.45) is 0. The lowest BCUT2D eigenvalue weighted by Gasteiger charge is -2.14. The van der Waals surface area contributed by atoms with Crippen LogP contribution < -0.4 is 10.6 Å². The van der Waals surface area contributed by atoms with Crippen molar-refractivity contribution in [1.29, 1.82) is 0 Å². The van der Waals surface area contributed by atoms with Crippen molar-refractivity contribution in [1.82, 2.24) is 10.6 Å². The molecule has 0 fully saturated rings. The van der Waals surface area contributed by atoms with E-state index >= 15 is 0 Å². The second-order valence-electron chi connectivity index (χ2n) is 4.79. The van der Waals surface area contributed by atoms with Gasteiger partial charge in [-0.3, -0.25) is 4.79 Å². The smallest absolute Gasteiger partial charge is 0.251 e. The highest BCUT2D eigenvalue weighted by Crippen LogP contribution is 2.12. The van der Waals surface area contributed by atoms with Gasteiger partial charge in [0.05, 0.1) is 0 Å². The predicted octanol–water partition coefficient (Wildman–Crippen LogP) is 2.90. The van der Waals surface area contributed by atoms with Gasteiger partial charge < -0.3 is 10.6 Å². The molecule has 0 saturated carbocycles. The fourth-order valence-corrected chi connectivity index (χ4v) is 2.05. The predicted molar refractivity (Wildman–Crippen MR) is 81.5 cm³/mol. The number of hydrogen-bond acceptors (Lipinski definition) is 2. The number of benzene rings is 2. The monoisotopic (exact) mass is 268 g/mol. The molecule has 0 unspecified atom stereocenters. The highest BCUT2D eigenvalue weighted by atomic mass is 16.1. The van der Waals surface area contributed by atoms with Crippen LogP contribution >= 0.6 is 0 Å². The molecule has 2 aromatic carbocycles. The Labute approximate surface area is 120 Å². The van der Waals surface area contributed by atoms with Gasteiger partial charge in [-0.05, 0) is 30.2 Å². The fourth-order valence-electron chi connectivity index (χ4n) is 2.05. The van der Waals surface area contributed by atoms with Gasteiger partial charge in [0.2, 0.25) is 0 Å². The molecule has 3 heteroatoms. The molecule has 20 heavy (non-hydrogen) atoms. The van der Waals surface area contributed by atoms with Crippen molar-refractivity contribution in [3.8, 4) is 0 Å². The molecule has 1 atom stereocenters. The summed E-state index contributed by atoms with van der Waals surface area (Å²) in [5, 5.41) is 6.10. The van der Waals surface area contributed by atoms with E-state index in [4.69, 9.17) is 0 Å². The Morgan fingerprint density at radius 1 is 1.05 bits per heavy atom. The molecular weight excluding hydrogens is 248 g/mol. The molecule has 2 N–H and O–H groups in total. The van der Waals surface area contributed by atoms with Gasteiger partial charge in [0.15, 0.2) is 0 Å². The summed E-state index contributed by atoms with van der Waals surface area (Å²) < 4.78 is 0. The second kappa shape index (κ2) is 6.87. The summed E-state index contributed by atoms with van der Waals surface area (Å²) in [6.45, 7) is 2.93. The fraction of sp³-hybridized carbons (Fsp3) is 0.235. The van der Waals surface area contributed by atoms with Crippen LogP contribution in [0.25, 0.3) is 0 Å². The molecule has 0 aliphatic rings. The SMILES string of the molecule is CNC(=O)c1ccc(CN[C@H](C)c2ccccc2)cc1. The van der Waals surface area contributed by atoms with Crippen LogP contribution in [0.15, 0.2) is 54.6 Å². The number of nitrogens with one attached hydrogen (secondary N) is 2. The lowest BCUT2D eigenvalue weighted by molar-refractivity contribution is 0.0963. The number of carbonyl (C=O) groups excluding carboxylic acids is 1. The zero-order chi connectivity index (χ0) is 14.4. The zero-order valence-corrected chi connectivity index (χ0v) is 11.9. The third kappa shape index (κ3) is 3.68. The van der Waals surface area contributed by atoms with E-state index < -0.39 is 0 Å². The van der Waals surface area contributed by atoms with Gasteiger partial charge in [0.1, 0.15) is 0 Å². The minimum atomic E-state index is -0.0536. The van der Waals surface area contributed by atoms with Crippen molar-refractivity contribution in [2.75, 3.05) is 7.05 Å². The van der Waals surface area contributed by atoms with Gasteiger partial charge in [-0.15, -0.1) is 0 Å². The molecular formula is C17H20N2O. The van der Waals surface area contributed by atoms with Crippen molar-refractivity contribution in [3.05, 3.63) is 71.3 Å². The maximum Gasteiger partial charge on any atom is 0.251 e. The molecule has 0 spiro atoms. The molecule has 2 rings (SSSR count). The summed E-state index contributed by atoms with van der Waals surface area (Å²) in [6, 6.07) is 18.3. The van der Waals surface area contributed by atoms with Crippen molar-refractivity contribution >= 4 is 5.91 Å². The minimum absolute atomic E-state index is 0.0536. The van der Waals surface area contributed by atoms with E-state index in [1.165, 1.54) is 11.1 Å². The third-order valence-corrected chi connectivity index (χ3v) is 3.36. The molecule has 3 nitrogen and oxygen atoms in total. The molecule has 0 bridgehead atoms. The summed E-state index contributed by atoms with van der Waals surface area (Å²) in [4.78, 5) is 11.4. The quantitative estimate of drug-likeness (QED) is 0.875. The molecule has 1 amide bonds. The summed E-state index contributed by atoms with van der Waals surface area (Å²) in [5.74, 6) is -0.0536. The lowest BCUT2D eigenvalue weighted by atomic mass is 10.1. The van der Waals surface area contributed by atoms with Gasteiger partial charge in [0, 0.05) is 25.2 Å². The lowest BCUT2D eigenvalue weighted by Crippen LogP contribution is -2.19. The molecule has 0 heterocycles. The second-order valence-corrected chi connectivity index (χ2v) is 4.79. The van der Waals surface area contributed by atoms with Crippen molar-refractivity contribution < 1.29 is 4.79 Å². The first-order chi connectivity index (χ1) is 9.70. The Morgan fingerprint density at radius 3 is 2.30 bits per heavy atom. The number of rotatable bonds is 5. The average Bonchev–Trinajstić information content (AvgIpc) is 2.53. The minimum Gasteiger partial charge on any atom is -0.355 e. The van der Waals surface area contributed by atoms with Crippen molar-refractivity contribution in [2.24, 2.45) is 0 Å². The summed E-state index contributed by atoms with van der Waals surface area (Å²) in [5.41, 5.74) is 3.13. The molecule has 0 radical (unpaired) electrons. The normalized spacial score (nSPS) is 11.9. The number of carbonyl (C=O) groups is 1. The zero-order valence-electron chi connectivity index (χ0n) is 11.9. The van der Waals surface area contributed by atoms with Crippen LogP contribution in [0.3, 0.4) is 0 Å². The Bertz CT molecular complexity index is 549. The van der Waals surface area contributed by atoms with E-state index in [1.54, 1.807) is 7.05 Å². The Hall–Kier alpha value is -2.13. The summed E-state index contributed by atoms with van der Waals surface area (Å²) >= 11 is 0. The largest absolute Gasteiger partial charge is 0.355 e. The highest BCUT2D eigenvalue weighted by Gasteiger charge is 2.05. The molecule has 0 saturated heterocycles. The highest BCUT2D eigenvalue weighted by molar-refractivity contribution is 5.93. The average molecular weight is 268 g/mol. The van der Waals surface area contributed by atoms with Crippen LogP contribution in [-0.4, -0.2) is 13.0 Å². The van der Waals surface area contributed by atoms with Gasteiger partial charge in [0.25, 0.3) is 5.91 Å².